The van der Waals surface area contributed by atoms with Crippen LogP contribution in [0.1, 0.15) is 31.4 Å². The molecule has 92 valence electrons. The summed E-state index contributed by atoms with van der Waals surface area (Å²) in [4.78, 5) is 0. The lowest BCUT2D eigenvalue weighted by Crippen LogP contribution is -2.27. The Morgan fingerprint density at radius 1 is 1.38 bits per heavy atom. The number of hydrogen-bond acceptors (Lipinski definition) is 2. The van der Waals surface area contributed by atoms with Crippen molar-refractivity contribution >= 4 is 12.4 Å². The third-order valence-electron chi connectivity index (χ3n) is 2.32. The molecule has 0 amide bonds. The molecule has 0 aliphatic rings. The van der Waals surface area contributed by atoms with Crippen LogP contribution in [-0.4, -0.2) is 11.2 Å². The van der Waals surface area contributed by atoms with Gasteiger partial charge in [-0.05, 0) is 24.6 Å². The maximum Gasteiger partial charge on any atom is 0.128 e. The van der Waals surface area contributed by atoms with Gasteiger partial charge in [-0.1, -0.05) is 13.3 Å². The summed E-state index contributed by atoms with van der Waals surface area (Å²) in [6, 6.07) is 2.19. The number of aliphatic hydroxyl groups excluding tert-OH is 1. The molecule has 0 saturated carbocycles. The van der Waals surface area contributed by atoms with E-state index in [-0.39, 0.29) is 18.0 Å². The quantitative estimate of drug-likeness (QED) is 0.864. The lowest BCUT2D eigenvalue weighted by Gasteiger charge is -2.19. The summed E-state index contributed by atoms with van der Waals surface area (Å²) in [6.45, 7) is 1.89. The van der Waals surface area contributed by atoms with Crippen molar-refractivity contribution in [2.24, 2.45) is 5.73 Å². The van der Waals surface area contributed by atoms with Gasteiger partial charge in [0.05, 0.1) is 12.1 Å². The molecule has 0 aromatic heterocycles. The van der Waals surface area contributed by atoms with E-state index in [9.17, 15) is 13.9 Å². The van der Waals surface area contributed by atoms with E-state index in [1.54, 1.807) is 0 Å². The van der Waals surface area contributed by atoms with Crippen molar-refractivity contribution in [2.45, 2.75) is 31.9 Å². The summed E-state index contributed by atoms with van der Waals surface area (Å²) in [7, 11) is 0. The van der Waals surface area contributed by atoms with Gasteiger partial charge in [-0.15, -0.1) is 12.4 Å². The summed E-state index contributed by atoms with van der Waals surface area (Å²) in [5.41, 5.74) is 5.66. The Kier molecular flexibility index (Phi) is 6.48. The van der Waals surface area contributed by atoms with Crippen LogP contribution in [0.15, 0.2) is 18.2 Å². The lowest BCUT2D eigenvalue weighted by molar-refractivity contribution is 0.132. The molecule has 5 heteroatoms. The topological polar surface area (TPSA) is 46.2 Å². The Labute approximate surface area is 99.9 Å². The van der Waals surface area contributed by atoms with Crippen molar-refractivity contribution in [3.05, 3.63) is 35.4 Å². The third-order valence-corrected chi connectivity index (χ3v) is 2.32. The number of benzene rings is 1. The molecule has 0 aliphatic carbocycles. The van der Waals surface area contributed by atoms with E-state index in [4.69, 9.17) is 5.73 Å². The van der Waals surface area contributed by atoms with Gasteiger partial charge in [0.2, 0.25) is 0 Å². The van der Waals surface area contributed by atoms with E-state index in [0.717, 1.165) is 24.6 Å². The van der Waals surface area contributed by atoms with Gasteiger partial charge in [0.25, 0.3) is 0 Å². The van der Waals surface area contributed by atoms with Gasteiger partial charge in [0, 0.05) is 5.56 Å². The molecular weight excluding hydrogens is 236 g/mol. The van der Waals surface area contributed by atoms with E-state index in [2.05, 4.69) is 0 Å². The molecule has 3 N–H and O–H groups in total. The highest BCUT2D eigenvalue weighted by Gasteiger charge is 2.19. The number of nitrogens with two attached hydrogens (primary N) is 1. The van der Waals surface area contributed by atoms with Crippen LogP contribution in [0.2, 0.25) is 0 Å². The van der Waals surface area contributed by atoms with Crippen LogP contribution in [0.5, 0.6) is 0 Å². The molecule has 16 heavy (non-hydrogen) atoms. The van der Waals surface area contributed by atoms with Crippen LogP contribution in [0.4, 0.5) is 8.78 Å². The second kappa shape index (κ2) is 6.78. The van der Waals surface area contributed by atoms with Gasteiger partial charge in [-0.2, -0.15) is 0 Å². The van der Waals surface area contributed by atoms with Crippen molar-refractivity contribution in [3.63, 3.8) is 0 Å². The predicted molar refractivity (Wildman–Crippen MR) is 61.4 cm³/mol. The summed E-state index contributed by atoms with van der Waals surface area (Å²) in [6.07, 6.45) is 0.370. The first-order valence-electron chi connectivity index (χ1n) is 4.94. The van der Waals surface area contributed by atoms with Crippen molar-refractivity contribution in [2.75, 3.05) is 0 Å². The Morgan fingerprint density at radius 2 is 2.00 bits per heavy atom. The fourth-order valence-electron chi connectivity index (χ4n) is 1.45. The molecule has 0 radical (unpaired) electrons. The second-order valence-electron chi connectivity index (χ2n) is 3.55. The SMILES string of the molecule is CCC[C@@H](O)[C@@H](N)c1cc(F)ccc1F.Cl. The highest BCUT2D eigenvalue weighted by molar-refractivity contribution is 5.85. The molecule has 0 heterocycles. The van der Waals surface area contributed by atoms with Gasteiger partial charge >= 0.3 is 0 Å². The highest BCUT2D eigenvalue weighted by Crippen LogP contribution is 2.21. The average molecular weight is 252 g/mol. The number of hydrogen-bond donors (Lipinski definition) is 2. The molecule has 1 rings (SSSR count). The fourth-order valence-corrected chi connectivity index (χ4v) is 1.45. The van der Waals surface area contributed by atoms with Crippen LogP contribution in [0.25, 0.3) is 0 Å². The van der Waals surface area contributed by atoms with Gasteiger partial charge in [0.15, 0.2) is 0 Å². The first-order valence-corrected chi connectivity index (χ1v) is 4.94. The predicted octanol–water partition coefficient (Wildman–Crippen LogP) is 2.55. The molecule has 2 nitrogen and oxygen atoms in total. The van der Waals surface area contributed by atoms with Crippen LogP contribution >= 0.6 is 12.4 Å². The van der Waals surface area contributed by atoms with Gasteiger partial charge in [-0.25, -0.2) is 8.78 Å². The molecule has 1 aromatic carbocycles. The Bertz CT molecular complexity index is 336. The van der Waals surface area contributed by atoms with Crippen molar-refractivity contribution < 1.29 is 13.9 Å². The largest absolute Gasteiger partial charge is 0.391 e. The second-order valence-corrected chi connectivity index (χ2v) is 3.55. The summed E-state index contributed by atoms with van der Waals surface area (Å²) in [5.74, 6) is -1.13. The Hall–Kier alpha value is -0.710. The minimum absolute atomic E-state index is 0. The zero-order valence-electron chi connectivity index (χ0n) is 8.99. The monoisotopic (exact) mass is 251 g/mol. The van der Waals surface area contributed by atoms with Crippen molar-refractivity contribution in [1.29, 1.82) is 0 Å². The van der Waals surface area contributed by atoms with Gasteiger partial charge in [0.1, 0.15) is 11.6 Å². The van der Waals surface area contributed by atoms with Gasteiger partial charge in [-0.3, -0.25) is 0 Å². The van der Waals surface area contributed by atoms with E-state index in [1.807, 2.05) is 6.92 Å². The fraction of sp³-hybridized carbons (Fsp3) is 0.455. The highest BCUT2D eigenvalue weighted by atomic mass is 35.5. The zero-order chi connectivity index (χ0) is 11.4. The van der Waals surface area contributed by atoms with E-state index < -0.39 is 23.8 Å². The van der Waals surface area contributed by atoms with Crippen LogP contribution in [0.3, 0.4) is 0 Å². The smallest absolute Gasteiger partial charge is 0.128 e. The van der Waals surface area contributed by atoms with Crippen LogP contribution < -0.4 is 5.73 Å². The number of rotatable bonds is 4. The molecule has 0 bridgehead atoms. The van der Waals surface area contributed by atoms with E-state index in [0.29, 0.717) is 6.42 Å². The maximum atomic E-state index is 13.3. The van der Waals surface area contributed by atoms with Gasteiger partial charge < -0.3 is 10.8 Å². The molecule has 0 unspecified atom stereocenters. The summed E-state index contributed by atoms with van der Waals surface area (Å²) >= 11 is 0. The zero-order valence-corrected chi connectivity index (χ0v) is 9.81. The van der Waals surface area contributed by atoms with Crippen LogP contribution in [0, 0.1) is 11.6 Å². The Morgan fingerprint density at radius 3 is 2.56 bits per heavy atom. The first kappa shape index (κ1) is 15.3. The third kappa shape index (κ3) is 3.70. The lowest BCUT2D eigenvalue weighted by atomic mass is 9.99. The molecular formula is C11H16ClF2NO. The summed E-state index contributed by atoms with van der Waals surface area (Å²) < 4.78 is 26.1. The molecule has 0 saturated heterocycles. The standard InChI is InChI=1S/C11H15F2NO.ClH/c1-2-3-10(15)11(14)8-6-7(12)4-5-9(8)13;/h4-6,10-11,15H,2-3,14H2,1H3;1H/t10-,11+;/m1./s1. The molecule has 2 atom stereocenters. The first-order chi connectivity index (χ1) is 7.06. The minimum Gasteiger partial charge on any atom is -0.391 e. The molecule has 0 spiro atoms. The Balaban J connectivity index is 0.00000225. The number of halogens is 3. The average Bonchev–Trinajstić information content (AvgIpc) is 2.21. The molecule has 0 fully saturated rings. The normalized spacial score (nSPS) is 14.1. The number of aliphatic hydroxyl groups is 1. The van der Waals surface area contributed by atoms with E-state index in [1.165, 1.54) is 0 Å². The molecule has 0 aliphatic heterocycles. The molecule has 1 aromatic rings. The van der Waals surface area contributed by atoms with Crippen molar-refractivity contribution in [3.8, 4) is 0 Å². The maximum absolute atomic E-state index is 13.3. The van der Waals surface area contributed by atoms with Crippen molar-refractivity contribution in [1.82, 2.24) is 0 Å². The minimum atomic E-state index is -0.874. The van der Waals surface area contributed by atoms with E-state index >= 15 is 0 Å². The summed E-state index contributed by atoms with van der Waals surface area (Å²) in [5, 5.41) is 9.57. The van der Waals surface area contributed by atoms with Crippen LogP contribution in [-0.2, 0) is 0 Å².